The number of amides is 1. The van der Waals surface area contributed by atoms with Crippen molar-refractivity contribution in [2.75, 3.05) is 13.1 Å². The summed E-state index contributed by atoms with van der Waals surface area (Å²) in [7, 11) is 0. The van der Waals surface area contributed by atoms with Crippen molar-refractivity contribution in [1.29, 1.82) is 0 Å². The van der Waals surface area contributed by atoms with Gasteiger partial charge in [0.1, 0.15) is 0 Å². The molecule has 3 nitrogen and oxygen atoms in total. The van der Waals surface area contributed by atoms with Crippen molar-refractivity contribution in [2.24, 2.45) is 5.92 Å². The summed E-state index contributed by atoms with van der Waals surface area (Å²) in [6.07, 6.45) is 1.84. The van der Waals surface area contributed by atoms with Crippen molar-refractivity contribution in [1.82, 2.24) is 10.6 Å². The van der Waals surface area contributed by atoms with Crippen molar-refractivity contribution in [3.8, 4) is 0 Å². The van der Waals surface area contributed by atoms with E-state index in [4.69, 9.17) is 0 Å². The second-order valence-electron chi connectivity index (χ2n) is 3.13. The van der Waals surface area contributed by atoms with E-state index in [1.54, 1.807) is 0 Å². The molecule has 2 fully saturated rings. The van der Waals surface area contributed by atoms with Gasteiger partial charge in [-0.25, -0.2) is 0 Å². The van der Waals surface area contributed by atoms with E-state index < -0.39 is 0 Å². The summed E-state index contributed by atoms with van der Waals surface area (Å²) in [4.78, 5) is 10.9. The van der Waals surface area contributed by atoms with Crippen molar-refractivity contribution in [3.63, 3.8) is 0 Å². The van der Waals surface area contributed by atoms with Crippen molar-refractivity contribution in [3.05, 3.63) is 0 Å². The predicted molar refractivity (Wildman–Crippen MR) is 44.8 cm³/mol. The molecule has 2 aliphatic heterocycles. The third-order valence-corrected chi connectivity index (χ3v) is 2.40. The third kappa shape index (κ3) is 1.65. The molecular weight excluding hydrogens is 164 g/mol. The highest BCUT2D eigenvalue weighted by Gasteiger charge is 2.33. The minimum absolute atomic E-state index is 0. The summed E-state index contributed by atoms with van der Waals surface area (Å²) >= 11 is 0. The lowest BCUT2D eigenvalue weighted by molar-refractivity contribution is -0.119. The van der Waals surface area contributed by atoms with E-state index in [9.17, 15) is 4.79 Å². The number of fused-ring (bicyclic) bond motifs is 1. The van der Waals surface area contributed by atoms with Crippen molar-refractivity contribution in [2.45, 2.75) is 18.9 Å². The molecule has 2 aliphatic rings. The minimum Gasteiger partial charge on any atom is -0.353 e. The Morgan fingerprint density at radius 2 is 2.27 bits per heavy atom. The van der Waals surface area contributed by atoms with Gasteiger partial charge < -0.3 is 10.6 Å². The lowest BCUT2D eigenvalue weighted by Gasteiger charge is -2.24. The van der Waals surface area contributed by atoms with Crippen LogP contribution >= 0.6 is 12.4 Å². The van der Waals surface area contributed by atoms with Crippen LogP contribution in [0.5, 0.6) is 0 Å². The standard InChI is InChI=1S/C7H12N2O.ClH/c10-7-3-5-4-8-2-1-6(5)9-7;/h5-6,8H,1-4H2,(H,9,10);1H. The number of nitrogens with one attached hydrogen (secondary N) is 2. The molecule has 0 aliphatic carbocycles. The number of piperidine rings is 1. The highest BCUT2D eigenvalue weighted by Crippen LogP contribution is 2.20. The third-order valence-electron chi connectivity index (χ3n) is 2.40. The Morgan fingerprint density at radius 3 is 3.00 bits per heavy atom. The van der Waals surface area contributed by atoms with Gasteiger partial charge >= 0.3 is 0 Å². The van der Waals surface area contributed by atoms with Gasteiger partial charge in [-0.05, 0) is 13.0 Å². The number of carbonyl (C=O) groups is 1. The monoisotopic (exact) mass is 176 g/mol. The summed E-state index contributed by atoms with van der Waals surface area (Å²) < 4.78 is 0. The molecule has 2 unspecified atom stereocenters. The van der Waals surface area contributed by atoms with Crippen molar-refractivity contribution < 1.29 is 4.79 Å². The fraction of sp³-hybridized carbons (Fsp3) is 0.857. The van der Waals surface area contributed by atoms with Gasteiger partial charge in [0, 0.05) is 24.9 Å². The molecule has 0 aromatic rings. The fourth-order valence-electron chi connectivity index (χ4n) is 1.83. The van der Waals surface area contributed by atoms with Crippen LogP contribution in [0.4, 0.5) is 0 Å². The van der Waals surface area contributed by atoms with Crippen LogP contribution < -0.4 is 10.6 Å². The van der Waals surface area contributed by atoms with Crippen LogP contribution in [0, 0.1) is 5.92 Å². The van der Waals surface area contributed by atoms with Gasteiger partial charge in [0.05, 0.1) is 0 Å². The molecule has 2 N–H and O–H groups in total. The molecule has 1 amide bonds. The first-order chi connectivity index (χ1) is 4.86. The maximum absolute atomic E-state index is 10.9. The van der Waals surface area contributed by atoms with Gasteiger partial charge in [0.2, 0.25) is 5.91 Å². The lowest BCUT2D eigenvalue weighted by Crippen LogP contribution is -2.41. The zero-order chi connectivity index (χ0) is 6.97. The Bertz CT molecular complexity index is 147. The first-order valence-electron chi connectivity index (χ1n) is 3.86. The molecule has 11 heavy (non-hydrogen) atoms. The predicted octanol–water partition coefficient (Wildman–Crippen LogP) is -0.0938. The van der Waals surface area contributed by atoms with Crippen LogP contribution in [-0.2, 0) is 4.79 Å². The summed E-state index contributed by atoms with van der Waals surface area (Å²) in [6, 6.07) is 0.480. The summed E-state index contributed by atoms with van der Waals surface area (Å²) in [6.45, 7) is 2.07. The van der Waals surface area contributed by atoms with E-state index in [-0.39, 0.29) is 18.3 Å². The Labute approximate surface area is 72.3 Å². The second kappa shape index (κ2) is 3.41. The van der Waals surface area contributed by atoms with Crippen LogP contribution in [0.15, 0.2) is 0 Å². The maximum atomic E-state index is 10.9. The smallest absolute Gasteiger partial charge is 0.220 e. The van der Waals surface area contributed by atoms with Crippen LogP contribution in [0.1, 0.15) is 12.8 Å². The Kier molecular flexibility index (Phi) is 2.73. The highest BCUT2D eigenvalue weighted by molar-refractivity contribution is 5.85. The van der Waals surface area contributed by atoms with E-state index in [0.29, 0.717) is 12.0 Å². The second-order valence-corrected chi connectivity index (χ2v) is 3.13. The van der Waals surface area contributed by atoms with Crippen molar-refractivity contribution >= 4 is 18.3 Å². The van der Waals surface area contributed by atoms with Crippen LogP contribution in [0.3, 0.4) is 0 Å². The van der Waals surface area contributed by atoms with Gasteiger partial charge in [-0.3, -0.25) is 4.79 Å². The van der Waals surface area contributed by atoms with E-state index in [2.05, 4.69) is 10.6 Å². The van der Waals surface area contributed by atoms with Gasteiger partial charge in [0.15, 0.2) is 0 Å². The van der Waals surface area contributed by atoms with E-state index >= 15 is 0 Å². The van der Waals surface area contributed by atoms with E-state index in [1.807, 2.05) is 0 Å². The van der Waals surface area contributed by atoms with Crippen LogP contribution in [0.25, 0.3) is 0 Å². The number of rotatable bonds is 0. The number of hydrogen-bond donors (Lipinski definition) is 2. The molecule has 2 heterocycles. The van der Waals surface area contributed by atoms with Gasteiger partial charge in [-0.1, -0.05) is 0 Å². The Hall–Kier alpha value is -0.280. The molecule has 0 saturated carbocycles. The molecule has 0 spiro atoms. The van der Waals surface area contributed by atoms with Gasteiger partial charge in [-0.2, -0.15) is 0 Å². The molecule has 0 aromatic carbocycles. The summed E-state index contributed by atoms with van der Waals surface area (Å²) in [5.74, 6) is 0.806. The quantitative estimate of drug-likeness (QED) is 0.542. The molecule has 2 saturated heterocycles. The van der Waals surface area contributed by atoms with E-state index in [1.165, 1.54) is 0 Å². The topological polar surface area (TPSA) is 41.1 Å². The summed E-state index contributed by atoms with van der Waals surface area (Å²) in [5, 5.41) is 6.26. The number of carbonyl (C=O) groups excluding carboxylic acids is 1. The summed E-state index contributed by atoms with van der Waals surface area (Å²) in [5.41, 5.74) is 0. The molecule has 0 radical (unpaired) electrons. The van der Waals surface area contributed by atoms with Gasteiger partial charge in [0.25, 0.3) is 0 Å². The zero-order valence-electron chi connectivity index (χ0n) is 6.30. The average molecular weight is 177 g/mol. The molecular formula is C7H13ClN2O. The molecule has 0 aromatic heterocycles. The maximum Gasteiger partial charge on any atom is 0.220 e. The molecule has 2 atom stereocenters. The normalized spacial score (nSPS) is 35.5. The Balaban J connectivity index is 0.000000605. The largest absolute Gasteiger partial charge is 0.353 e. The number of halogens is 1. The lowest BCUT2D eigenvalue weighted by atomic mass is 9.95. The fourth-order valence-corrected chi connectivity index (χ4v) is 1.83. The minimum atomic E-state index is 0. The Morgan fingerprint density at radius 1 is 1.45 bits per heavy atom. The molecule has 4 heteroatoms. The molecule has 64 valence electrons. The average Bonchev–Trinajstić information content (AvgIpc) is 2.27. The first-order valence-corrected chi connectivity index (χ1v) is 3.86. The van der Waals surface area contributed by atoms with E-state index in [0.717, 1.165) is 25.9 Å². The molecule has 2 rings (SSSR count). The number of hydrogen-bond acceptors (Lipinski definition) is 2. The highest BCUT2D eigenvalue weighted by atomic mass is 35.5. The first kappa shape index (κ1) is 8.81. The van der Waals surface area contributed by atoms with Crippen LogP contribution in [-0.4, -0.2) is 25.0 Å². The van der Waals surface area contributed by atoms with Crippen LogP contribution in [0.2, 0.25) is 0 Å². The SMILES string of the molecule is Cl.O=C1CC2CNCCC2N1. The molecule has 0 bridgehead atoms. The van der Waals surface area contributed by atoms with Gasteiger partial charge in [-0.15, -0.1) is 12.4 Å². The zero-order valence-corrected chi connectivity index (χ0v) is 7.12.